The van der Waals surface area contributed by atoms with Crippen LogP contribution in [0.25, 0.3) is 11.1 Å². The Labute approximate surface area is 163 Å². The molecule has 3 atom stereocenters. The number of hydrogen-bond donors (Lipinski definition) is 1. The average Bonchev–Trinajstić information content (AvgIpc) is 3.41. The minimum Gasteiger partial charge on any atom is -0.493 e. The number of aromatic nitrogens is 1. The van der Waals surface area contributed by atoms with Gasteiger partial charge in [0, 0.05) is 30.9 Å². The number of carboxylic acids is 1. The molecular weight excluding hydrogens is 356 g/mol. The number of aliphatic carboxylic acids is 1. The number of likely N-dealkylation sites (tertiary alicyclic amines) is 1. The molecule has 2 aromatic rings. The van der Waals surface area contributed by atoms with E-state index in [0.717, 1.165) is 48.1 Å². The SMILES string of the molecule is O=C(O)C1C2CCCC2CN1C(=O)c1cncc(-c2ccc3c(c2)CCO3)c1. The van der Waals surface area contributed by atoms with E-state index in [2.05, 4.69) is 11.1 Å². The summed E-state index contributed by atoms with van der Waals surface area (Å²) < 4.78 is 5.56. The second kappa shape index (κ2) is 6.62. The van der Waals surface area contributed by atoms with Crippen LogP contribution in [0.5, 0.6) is 5.75 Å². The molecule has 6 heteroatoms. The molecule has 0 bridgehead atoms. The number of amides is 1. The van der Waals surface area contributed by atoms with Gasteiger partial charge in [-0.15, -0.1) is 0 Å². The quantitative estimate of drug-likeness (QED) is 0.888. The fourth-order valence-electron chi connectivity index (χ4n) is 5.08. The number of pyridine rings is 1. The summed E-state index contributed by atoms with van der Waals surface area (Å²) in [7, 11) is 0. The molecule has 0 spiro atoms. The van der Waals surface area contributed by atoms with Crippen molar-refractivity contribution in [3.05, 3.63) is 47.8 Å². The molecule has 1 saturated carbocycles. The summed E-state index contributed by atoms with van der Waals surface area (Å²) in [6, 6.07) is 7.10. The average molecular weight is 378 g/mol. The molecule has 3 heterocycles. The maximum absolute atomic E-state index is 13.2. The molecule has 1 amide bonds. The molecule has 1 aromatic heterocycles. The first kappa shape index (κ1) is 17.2. The van der Waals surface area contributed by atoms with Gasteiger partial charge in [-0.2, -0.15) is 0 Å². The smallest absolute Gasteiger partial charge is 0.326 e. The molecule has 1 aliphatic carbocycles. The third-order valence-electron chi connectivity index (χ3n) is 6.41. The van der Waals surface area contributed by atoms with Gasteiger partial charge in [0.2, 0.25) is 0 Å². The van der Waals surface area contributed by atoms with Crippen molar-refractivity contribution in [3.63, 3.8) is 0 Å². The summed E-state index contributed by atoms with van der Waals surface area (Å²) in [6.45, 7) is 1.23. The number of carbonyl (C=O) groups excluding carboxylic acids is 1. The molecule has 6 nitrogen and oxygen atoms in total. The van der Waals surface area contributed by atoms with Crippen molar-refractivity contribution in [1.82, 2.24) is 9.88 Å². The van der Waals surface area contributed by atoms with Crippen molar-refractivity contribution in [2.75, 3.05) is 13.2 Å². The molecule has 2 aliphatic heterocycles. The van der Waals surface area contributed by atoms with Gasteiger partial charge >= 0.3 is 5.97 Å². The number of fused-ring (bicyclic) bond motifs is 2. The van der Waals surface area contributed by atoms with Crippen LogP contribution in [0, 0.1) is 11.8 Å². The summed E-state index contributed by atoms with van der Waals surface area (Å²) in [4.78, 5) is 30.8. The Balaban J connectivity index is 1.44. The Morgan fingerprint density at radius 2 is 2.04 bits per heavy atom. The van der Waals surface area contributed by atoms with Crippen LogP contribution in [0.1, 0.15) is 35.2 Å². The van der Waals surface area contributed by atoms with Gasteiger partial charge in [-0.3, -0.25) is 9.78 Å². The highest BCUT2D eigenvalue weighted by atomic mass is 16.5. The number of rotatable bonds is 3. The van der Waals surface area contributed by atoms with Crippen molar-refractivity contribution in [2.24, 2.45) is 11.8 Å². The van der Waals surface area contributed by atoms with Gasteiger partial charge in [0.05, 0.1) is 12.2 Å². The molecule has 0 radical (unpaired) electrons. The van der Waals surface area contributed by atoms with Crippen LogP contribution in [0.15, 0.2) is 36.7 Å². The van der Waals surface area contributed by atoms with E-state index in [4.69, 9.17) is 4.74 Å². The molecule has 28 heavy (non-hydrogen) atoms. The lowest BCUT2D eigenvalue weighted by atomic mass is 9.94. The molecular formula is C22H22N2O4. The van der Waals surface area contributed by atoms with Crippen molar-refractivity contribution >= 4 is 11.9 Å². The van der Waals surface area contributed by atoms with Gasteiger partial charge in [0.1, 0.15) is 11.8 Å². The first-order chi connectivity index (χ1) is 13.6. The molecule has 1 saturated heterocycles. The monoisotopic (exact) mass is 378 g/mol. The lowest BCUT2D eigenvalue weighted by Gasteiger charge is -2.24. The van der Waals surface area contributed by atoms with Gasteiger partial charge in [0.15, 0.2) is 0 Å². The van der Waals surface area contributed by atoms with Gasteiger partial charge < -0.3 is 14.7 Å². The molecule has 5 rings (SSSR count). The van der Waals surface area contributed by atoms with Crippen LogP contribution in [0.2, 0.25) is 0 Å². The molecule has 1 N–H and O–H groups in total. The van der Waals surface area contributed by atoms with E-state index in [0.29, 0.717) is 24.6 Å². The summed E-state index contributed by atoms with van der Waals surface area (Å²) >= 11 is 0. The van der Waals surface area contributed by atoms with E-state index >= 15 is 0 Å². The van der Waals surface area contributed by atoms with Crippen molar-refractivity contribution in [1.29, 1.82) is 0 Å². The first-order valence-electron chi connectivity index (χ1n) is 9.87. The number of hydrogen-bond acceptors (Lipinski definition) is 4. The van der Waals surface area contributed by atoms with E-state index in [1.807, 2.05) is 18.2 Å². The summed E-state index contributed by atoms with van der Waals surface area (Å²) in [5, 5.41) is 9.73. The van der Waals surface area contributed by atoms with E-state index in [-0.39, 0.29) is 11.8 Å². The van der Waals surface area contributed by atoms with E-state index < -0.39 is 12.0 Å². The first-order valence-corrected chi connectivity index (χ1v) is 9.87. The summed E-state index contributed by atoms with van der Waals surface area (Å²) in [5.74, 6) is 0.162. The van der Waals surface area contributed by atoms with Crippen LogP contribution in [0.3, 0.4) is 0 Å². The zero-order chi connectivity index (χ0) is 19.3. The molecule has 1 aromatic carbocycles. The van der Waals surface area contributed by atoms with Crippen LogP contribution in [0.4, 0.5) is 0 Å². The zero-order valence-electron chi connectivity index (χ0n) is 15.5. The van der Waals surface area contributed by atoms with Crippen LogP contribution in [-0.2, 0) is 11.2 Å². The largest absolute Gasteiger partial charge is 0.493 e. The standard InChI is InChI=1S/C22H22N2O4/c25-21(24-12-15-2-1-3-18(15)20(24)22(26)27)17-9-16(10-23-11-17)13-4-5-19-14(8-13)6-7-28-19/h4-5,8-11,15,18,20H,1-3,6-7,12H2,(H,26,27). The third kappa shape index (κ3) is 2.75. The molecule has 3 aliphatic rings. The Morgan fingerprint density at radius 1 is 1.14 bits per heavy atom. The highest BCUT2D eigenvalue weighted by Gasteiger charge is 2.49. The maximum atomic E-state index is 13.2. The number of carboxylic acid groups (broad SMARTS) is 1. The summed E-state index contributed by atoms with van der Waals surface area (Å²) in [5.41, 5.74) is 3.44. The van der Waals surface area contributed by atoms with Crippen LogP contribution < -0.4 is 4.74 Å². The Morgan fingerprint density at radius 3 is 2.89 bits per heavy atom. The highest BCUT2D eigenvalue weighted by molar-refractivity contribution is 5.97. The van der Waals surface area contributed by atoms with Crippen molar-refractivity contribution in [2.45, 2.75) is 31.7 Å². The van der Waals surface area contributed by atoms with Gasteiger partial charge in [-0.25, -0.2) is 4.79 Å². The zero-order valence-corrected chi connectivity index (χ0v) is 15.5. The lowest BCUT2D eigenvalue weighted by Crippen LogP contribution is -2.43. The summed E-state index contributed by atoms with van der Waals surface area (Å²) in [6.07, 6.45) is 7.11. The maximum Gasteiger partial charge on any atom is 0.326 e. The number of carbonyl (C=O) groups is 2. The van der Waals surface area contributed by atoms with Crippen molar-refractivity contribution < 1.29 is 19.4 Å². The van der Waals surface area contributed by atoms with E-state index in [1.54, 1.807) is 11.1 Å². The second-order valence-corrected chi connectivity index (χ2v) is 7.98. The molecule has 2 fully saturated rings. The predicted molar refractivity (Wildman–Crippen MR) is 102 cm³/mol. The topological polar surface area (TPSA) is 79.7 Å². The fourth-order valence-corrected chi connectivity index (χ4v) is 5.08. The van der Waals surface area contributed by atoms with E-state index in [1.165, 1.54) is 6.20 Å². The van der Waals surface area contributed by atoms with E-state index in [9.17, 15) is 14.7 Å². The number of nitrogens with zero attached hydrogens (tertiary/aromatic N) is 2. The second-order valence-electron chi connectivity index (χ2n) is 7.98. The lowest BCUT2D eigenvalue weighted by molar-refractivity contribution is -0.142. The predicted octanol–water partition coefficient (Wildman–Crippen LogP) is 3.01. The fraction of sp³-hybridized carbons (Fsp3) is 0.409. The van der Waals surface area contributed by atoms with Gasteiger partial charge in [0.25, 0.3) is 5.91 Å². The number of benzene rings is 1. The Bertz CT molecular complexity index is 957. The molecule has 144 valence electrons. The van der Waals surface area contributed by atoms with Crippen LogP contribution in [-0.4, -0.2) is 46.1 Å². The minimum atomic E-state index is -0.898. The number of ether oxygens (including phenoxy) is 1. The van der Waals surface area contributed by atoms with Crippen molar-refractivity contribution in [3.8, 4) is 16.9 Å². The normalized spacial score (nSPS) is 25.3. The highest BCUT2D eigenvalue weighted by Crippen LogP contribution is 2.42. The third-order valence-corrected chi connectivity index (χ3v) is 6.41. The Kier molecular flexibility index (Phi) is 4.07. The van der Waals surface area contributed by atoms with Crippen LogP contribution >= 0.6 is 0 Å². The molecule has 3 unspecified atom stereocenters. The minimum absolute atomic E-state index is 0.0781. The van der Waals surface area contributed by atoms with Gasteiger partial charge in [-0.05, 0) is 54.0 Å². The Hall–Kier alpha value is -2.89. The van der Waals surface area contributed by atoms with Gasteiger partial charge in [-0.1, -0.05) is 12.5 Å².